The molecular formula is C14H23ClN4O. The predicted molar refractivity (Wildman–Crippen MR) is 81.4 cm³/mol. The van der Waals surface area contributed by atoms with E-state index in [0.717, 1.165) is 42.3 Å². The van der Waals surface area contributed by atoms with Crippen LogP contribution in [0.25, 0.3) is 11.2 Å². The molecule has 0 saturated heterocycles. The smallest absolute Gasteiger partial charge is 0.159 e. The maximum Gasteiger partial charge on any atom is 0.159 e. The molecule has 0 saturated carbocycles. The second-order valence-corrected chi connectivity index (χ2v) is 5.81. The van der Waals surface area contributed by atoms with Gasteiger partial charge in [-0.1, -0.05) is 0 Å². The van der Waals surface area contributed by atoms with E-state index in [4.69, 9.17) is 21.3 Å². The Bertz CT molecular complexity index is 588. The Morgan fingerprint density at radius 1 is 1.35 bits per heavy atom. The summed E-state index contributed by atoms with van der Waals surface area (Å²) in [6.45, 7) is 9.76. The number of alkyl halides is 1. The van der Waals surface area contributed by atoms with Crippen molar-refractivity contribution in [2.45, 2.75) is 52.1 Å². The van der Waals surface area contributed by atoms with Gasteiger partial charge in [0, 0.05) is 26.3 Å². The standard InChI is InChI=1S/C14H23ClN4O/c1-6-18-14-12(11(4)17-18)16-13(10(3)15)19(14)9(2)7-8-20-5/h9-10H,6-8H2,1-5H3. The molecule has 0 aliphatic heterocycles. The number of hydrogen-bond donors (Lipinski definition) is 0. The summed E-state index contributed by atoms with van der Waals surface area (Å²) < 4.78 is 9.42. The van der Waals surface area contributed by atoms with E-state index in [1.54, 1.807) is 7.11 Å². The molecule has 0 aromatic carbocycles. The SMILES string of the molecule is CCn1nc(C)c2nc(C(C)Cl)n(C(C)CCOC)c21. The summed E-state index contributed by atoms with van der Waals surface area (Å²) in [5.41, 5.74) is 2.98. The molecule has 0 aliphatic rings. The summed E-state index contributed by atoms with van der Waals surface area (Å²) in [6.07, 6.45) is 0.923. The van der Waals surface area contributed by atoms with Crippen molar-refractivity contribution < 1.29 is 4.74 Å². The maximum atomic E-state index is 6.32. The van der Waals surface area contributed by atoms with Crippen molar-refractivity contribution in [3.8, 4) is 0 Å². The largest absolute Gasteiger partial charge is 0.385 e. The summed E-state index contributed by atoms with van der Waals surface area (Å²) in [7, 11) is 1.72. The van der Waals surface area contributed by atoms with Crippen LogP contribution < -0.4 is 0 Å². The van der Waals surface area contributed by atoms with Gasteiger partial charge < -0.3 is 9.30 Å². The predicted octanol–water partition coefficient (Wildman–Crippen LogP) is 3.46. The first-order chi connectivity index (χ1) is 9.51. The van der Waals surface area contributed by atoms with E-state index in [0.29, 0.717) is 0 Å². The Morgan fingerprint density at radius 3 is 2.60 bits per heavy atom. The molecule has 0 aliphatic carbocycles. The van der Waals surface area contributed by atoms with Crippen LogP contribution in [-0.4, -0.2) is 33.0 Å². The van der Waals surface area contributed by atoms with Gasteiger partial charge in [0.2, 0.25) is 0 Å². The average Bonchev–Trinajstić information content (AvgIpc) is 2.94. The molecule has 0 radical (unpaired) electrons. The minimum Gasteiger partial charge on any atom is -0.385 e. The normalized spacial score (nSPS) is 14.9. The summed E-state index contributed by atoms with van der Waals surface area (Å²) in [5.74, 6) is 0.910. The number of imidazole rings is 1. The van der Waals surface area contributed by atoms with Crippen LogP contribution in [0.3, 0.4) is 0 Å². The second-order valence-electron chi connectivity index (χ2n) is 5.16. The van der Waals surface area contributed by atoms with Crippen molar-refractivity contribution in [2.75, 3.05) is 13.7 Å². The van der Waals surface area contributed by atoms with E-state index in [1.807, 2.05) is 18.5 Å². The topological polar surface area (TPSA) is 44.9 Å². The van der Waals surface area contributed by atoms with Gasteiger partial charge in [-0.15, -0.1) is 11.6 Å². The van der Waals surface area contributed by atoms with E-state index in [1.165, 1.54) is 0 Å². The van der Waals surface area contributed by atoms with Crippen LogP contribution in [0.1, 0.15) is 50.1 Å². The van der Waals surface area contributed by atoms with Gasteiger partial charge >= 0.3 is 0 Å². The van der Waals surface area contributed by atoms with Crippen LogP contribution in [0.4, 0.5) is 0 Å². The fraction of sp³-hybridized carbons (Fsp3) is 0.714. The zero-order valence-corrected chi connectivity index (χ0v) is 13.6. The van der Waals surface area contributed by atoms with Crippen LogP contribution in [-0.2, 0) is 11.3 Å². The molecule has 0 N–H and O–H groups in total. The Kier molecular flexibility index (Phi) is 4.70. The third-order valence-electron chi connectivity index (χ3n) is 3.61. The Hall–Kier alpha value is -1.07. The molecule has 20 heavy (non-hydrogen) atoms. The molecule has 2 aromatic heterocycles. The maximum absolute atomic E-state index is 6.32. The van der Waals surface area contributed by atoms with Crippen LogP contribution in [0, 0.1) is 6.92 Å². The number of rotatable bonds is 6. The molecule has 2 unspecified atom stereocenters. The first-order valence-electron chi connectivity index (χ1n) is 7.09. The van der Waals surface area contributed by atoms with Crippen molar-refractivity contribution in [2.24, 2.45) is 0 Å². The fourth-order valence-electron chi connectivity index (χ4n) is 2.56. The molecular weight excluding hydrogens is 276 g/mol. The molecule has 2 rings (SSSR count). The zero-order chi connectivity index (χ0) is 14.9. The molecule has 5 nitrogen and oxygen atoms in total. The lowest BCUT2D eigenvalue weighted by molar-refractivity contribution is 0.181. The van der Waals surface area contributed by atoms with Crippen molar-refractivity contribution in [1.29, 1.82) is 0 Å². The van der Waals surface area contributed by atoms with Crippen LogP contribution in [0.15, 0.2) is 0 Å². The number of aromatic nitrogens is 4. The van der Waals surface area contributed by atoms with E-state index in [-0.39, 0.29) is 11.4 Å². The first-order valence-corrected chi connectivity index (χ1v) is 7.53. The average molecular weight is 299 g/mol. The number of nitrogens with zero attached hydrogens (tertiary/aromatic N) is 4. The Labute approximate surface area is 124 Å². The number of ether oxygens (including phenoxy) is 1. The number of methoxy groups -OCH3 is 1. The number of aryl methyl sites for hydroxylation is 2. The summed E-state index contributed by atoms with van der Waals surface area (Å²) in [4.78, 5) is 4.72. The van der Waals surface area contributed by atoms with Crippen LogP contribution >= 0.6 is 11.6 Å². The molecule has 0 fully saturated rings. The Morgan fingerprint density at radius 2 is 2.05 bits per heavy atom. The third kappa shape index (κ3) is 2.56. The molecule has 112 valence electrons. The van der Waals surface area contributed by atoms with Crippen molar-refractivity contribution in [3.05, 3.63) is 11.5 Å². The monoisotopic (exact) mass is 298 g/mol. The lowest BCUT2D eigenvalue weighted by atomic mass is 10.2. The van der Waals surface area contributed by atoms with E-state index < -0.39 is 0 Å². The van der Waals surface area contributed by atoms with E-state index in [9.17, 15) is 0 Å². The van der Waals surface area contributed by atoms with Crippen LogP contribution in [0.5, 0.6) is 0 Å². The number of halogens is 1. The third-order valence-corrected chi connectivity index (χ3v) is 3.80. The fourth-order valence-corrected chi connectivity index (χ4v) is 2.71. The highest BCUT2D eigenvalue weighted by Crippen LogP contribution is 2.30. The number of hydrogen-bond acceptors (Lipinski definition) is 3. The summed E-state index contributed by atoms with van der Waals surface area (Å²) >= 11 is 6.32. The van der Waals surface area contributed by atoms with E-state index in [2.05, 4.69) is 23.5 Å². The minimum atomic E-state index is -0.128. The molecule has 0 amide bonds. The van der Waals surface area contributed by atoms with Crippen molar-refractivity contribution >= 4 is 22.8 Å². The Balaban J connectivity index is 2.60. The van der Waals surface area contributed by atoms with Crippen LogP contribution in [0.2, 0.25) is 0 Å². The van der Waals surface area contributed by atoms with Crippen molar-refractivity contribution in [3.63, 3.8) is 0 Å². The van der Waals surface area contributed by atoms with Gasteiger partial charge in [-0.3, -0.25) is 0 Å². The number of fused-ring (bicyclic) bond motifs is 1. The van der Waals surface area contributed by atoms with Gasteiger partial charge in [-0.05, 0) is 34.1 Å². The first kappa shape index (κ1) is 15.3. The highest BCUT2D eigenvalue weighted by atomic mass is 35.5. The van der Waals surface area contributed by atoms with Gasteiger partial charge in [0.15, 0.2) is 5.65 Å². The van der Waals surface area contributed by atoms with Gasteiger partial charge in [0.05, 0.1) is 11.1 Å². The summed E-state index contributed by atoms with van der Waals surface area (Å²) in [6, 6.07) is 0.276. The lowest BCUT2D eigenvalue weighted by Gasteiger charge is -2.18. The second kappa shape index (κ2) is 6.14. The van der Waals surface area contributed by atoms with Gasteiger partial charge in [-0.2, -0.15) is 5.10 Å². The highest BCUT2D eigenvalue weighted by Gasteiger charge is 2.23. The van der Waals surface area contributed by atoms with Gasteiger partial charge in [0.1, 0.15) is 11.3 Å². The molecule has 0 spiro atoms. The summed E-state index contributed by atoms with van der Waals surface area (Å²) in [5, 5.41) is 4.42. The highest BCUT2D eigenvalue weighted by molar-refractivity contribution is 6.20. The van der Waals surface area contributed by atoms with Gasteiger partial charge in [0.25, 0.3) is 0 Å². The molecule has 2 aromatic rings. The van der Waals surface area contributed by atoms with E-state index >= 15 is 0 Å². The minimum absolute atomic E-state index is 0.128. The molecule has 6 heteroatoms. The van der Waals surface area contributed by atoms with Crippen molar-refractivity contribution in [1.82, 2.24) is 19.3 Å². The molecule has 0 bridgehead atoms. The van der Waals surface area contributed by atoms with Gasteiger partial charge in [-0.25, -0.2) is 9.67 Å². The quantitative estimate of drug-likeness (QED) is 0.767. The molecule has 2 heterocycles. The zero-order valence-electron chi connectivity index (χ0n) is 12.9. The molecule has 2 atom stereocenters. The lowest BCUT2D eigenvalue weighted by Crippen LogP contribution is -2.14.